The number of fused-ring (bicyclic) bond motifs is 1. The first-order valence-electron chi connectivity index (χ1n) is 7.50. The fraction of sp³-hybridized carbons (Fsp3) is 0.118. The minimum Gasteiger partial charge on any atom is -0.370 e. The monoisotopic (exact) mass is 361 g/mol. The maximum atomic E-state index is 13.3. The maximum Gasteiger partial charge on any atom is 0.233 e. The number of anilines is 1. The summed E-state index contributed by atoms with van der Waals surface area (Å²) in [5.74, 6) is -1.35. The molecule has 0 spiro atoms. The molecule has 1 heterocycles. The normalized spacial score (nSPS) is 11.6. The van der Waals surface area contributed by atoms with Gasteiger partial charge >= 0.3 is 0 Å². The molecule has 0 unspecified atom stereocenters. The minimum absolute atomic E-state index is 0.237. The number of primary amides is 1. The first-order valence-corrected chi connectivity index (χ1v) is 9.15. The molecule has 0 atom stereocenters. The zero-order valence-corrected chi connectivity index (χ0v) is 13.9. The van der Waals surface area contributed by atoms with Crippen molar-refractivity contribution in [3.63, 3.8) is 0 Å². The number of sulfonamides is 1. The Bertz CT molecular complexity index is 1030. The lowest BCUT2D eigenvalue weighted by molar-refractivity contribution is -0.117. The van der Waals surface area contributed by atoms with E-state index in [2.05, 4.69) is 9.71 Å². The van der Waals surface area contributed by atoms with Crippen LogP contribution in [0.2, 0.25) is 0 Å². The van der Waals surface area contributed by atoms with E-state index in [1.807, 2.05) is 0 Å². The van der Waals surface area contributed by atoms with Gasteiger partial charge in [0.1, 0.15) is 5.82 Å². The van der Waals surface area contributed by atoms with Gasteiger partial charge in [0.15, 0.2) is 0 Å². The Hall–Kier alpha value is -2.87. The average molecular weight is 361 g/mol. The summed E-state index contributed by atoms with van der Waals surface area (Å²) in [5.41, 5.74) is 7.78. The number of H-pyrrole nitrogens is 1. The predicted octanol–water partition coefficient (Wildman–Crippen LogP) is 2.59. The third-order valence-electron chi connectivity index (χ3n) is 3.73. The van der Waals surface area contributed by atoms with Crippen LogP contribution in [-0.4, -0.2) is 25.1 Å². The summed E-state index contributed by atoms with van der Waals surface area (Å²) in [7, 11) is -3.63. The third kappa shape index (κ3) is 3.97. The molecule has 8 heteroatoms. The Kier molecular flexibility index (Phi) is 4.45. The number of nitrogens with one attached hydrogen (secondary N) is 2. The highest BCUT2D eigenvalue weighted by Gasteiger charge is 2.12. The Morgan fingerprint density at radius 1 is 1.16 bits per heavy atom. The molecule has 0 bridgehead atoms. The molecule has 25 heavy (non-hydrogen) atoms. The van der Waals surface area contributed by atoms with Crippen LogP contribution in [0.15, 0.2) is 48.7 Å². The van der Waals surface area contributed by atoms with Crippen LogP contribution in [0, 0.1) is 5.82 Å². The molecule has 0 aliphatic carbocycles. The van der Waals surface area contributed by atoms with Gasteiger partial charge in [-0.2, -0.15) is 0 Å². The van der Waals surface area contributed by atoms with Gasteiger partial charge in [-0.1, -0.05) is 12.1 Å². The number of amides is 1. The second-order valence-electron chi connectivity index (χ2n) is 5.61. The lowest BCUT2D eigenvalue weighted by Gasteiger charge is -2.08. The third-order valence-corrected chi connectivity index (χ3v) is 5.02. The molecule has 1 aromatic heterocycles. The molecule has 2 aromatic carbocycles. The fourth-order valence-electron chi connectivity index (χ4n) is 2.52. The summed E-state index contributed by atoms with van der Waals surface area (Å²) in [6.45, 7) is 0. The Balaban J connectivity index is 1.81. The number of nitrogens with two attached hydrogens (primary N) is 1. The van der Waals surface area contributed by atoms with Gasteiger partial charge < -0.3 is 10.7 Å². The van der Waals surface area contributed by atoms with Crippen molar-refractivity contribution < 1.29 is 17.6 Å². The second kappa shape index (κ2) is 6.56. The van der Waals surface area contributed by atoms with Crippen LogP contribution < -0.4 is 10.5 Å². The van der Waals surface area contributed by atoms with Crippen LogP contribution in [0.4, 0.5) is 10.1 Å². The maximum absolute atomic E-state index is 13.3. The summed E-state index contributed by atoms with van der Waals surface area (Å²) >= 11 is 0. The van der Waals surface area contributed by atoms with Crippen LogP contribution in [0.1, 0.15) is 6.42 Å². The highest BCUT2D eigenvalue weighted by molar-refractivity contribution is 7.92. The van der Waals surface area contributed by atoms with Crippen molar-refractivity contribution in [3.8, 4) is 11.1 Å². The molecule has 3 rings (SSSR count). The van der Waals surface area contributed by atoms with Crippen molar-refractivity contribution in [3.05, 3.63) is 54.5 Å². The van der Waals surface area contributed by atoms with Crippen molar-refractivity contribution in [1.82, 2.24) is 4.98 Å². The molecule has 3 aromatic rings. The van der Waals surface area contributed by atoms with Crippen molar-refractivity contribution in [2.24, 2.45) is 5.73 Å². The van der Waals surface area contributed by atoms with Gasteiger partial charge in [-0.15, -0.1) is 0 Å². The van der Waals surface area contributed by atoms with Gasteiger partial charge in [-0.3, -0.25) is 9.52 Å². The largest absolute Gasteiger partial charge is 0.370 e. The minimum atomic E-state index is -3.63. The second-order valence-corrected chi connectivity index (χ2v) is 7.45. The van der Waals surface area contributed by atoms with Gasteiger partial charge in [0.2, 0.25) is 15.9 Å². The topological polar surface area (TPSA) is 105 Å². The van der Waals surface area contributed by atoms with Crippen molar-refractivity contribution in [2.75, 3.05) is 10.5 Å². The molecule has 0 saturated heterocycles. The number of carbonyl (C=O) groups excluding carboxylic acids is 1. The first-order chi connectivity index (χ1) is 11.8. The Morgan fingerprint density at radius 2 is 1.88 bits per heavy atom. The van der Waals surface area contributed by atoms with Gasteiger partial charge in [-0.05, 0) is 35.9 Å². The quantitative estimate of drug-likeness (QED) is 0.628. The summed E-state index contributed by atoms with van der Waals surface area (Å²) in [4.78, 5) is 13.7. The standard InChI is InChI=1S/C17H16FN3O3S/c18-12-3-6-14-15(10-20-16(14)9-12)11-1-4-13(5-2-11)21-25(23,24)8-7-17(19)22/h1-6,9-10,20-21H,7-8H2,(H2,19,22). The highest BCUT2D eigenvalue weighted by atomic mass is 32.2. The molecule has 0 saturated carbocycles. The number of carbonyl (C=O) groups is 1. The fourth-order valence-corrected chi connectivity index (χ4v) is 3.59. The summed E-state index contributed by atoms with van der Waals surface area (Å²) in [6.07, 6.45) is 1.54. The van der Waals surface area contributed by atoms with E-state index in [1.165, 1.54) is 12.1 Å². The zero-order chi connectivity index (χ0) is 18.0. The summed E-state index contributed by atoms with van der Waals surface area (Å²) < 4.78 is 39.4. The number of aromatic amines is 1. The molecule has 1 amide bonds. The Labute approximate surface area is 143 Å². The van der Waals surface area contributed by atoms with E-state index in [0.29, 0.717) is 11.2 Å². The van der Waals surface area contributed by atoms with E-state index < -0.39 is 15.9 Å². The smallest absolute Gasteiger partial charge is 0.233 e. The van der Waals surface area contributed by atoms with Crippen LogP contribution in [-0.2, 0) is 14.8 Å². The lowest BCUT2D eigenvalue weighted by atomic mass is 10.0. The van der Waals surface area contributed by atoms with Crippen molar-refractivity contribution in [2.45, 2.75) is 6.42 Å². The molecular weight excluding hydrogens is 345 g/mol. The molecule has 0 aliphatic heterocycles. The number of aromatic nitrogens is 1. The van der Waals surface area contributed by atoms with Crippen LogP contribution in [0.5, 0.6) is 0 Å². The molecule has 6 nitrogen and oxygen atoms in total. The molecule has 130 valence electrons. The summed E-state index contributed by atoms with van der Waals surface area (Å²) in [5, 5.41) is 0.871. The first kappa shape index (κ1) is 17.0. The Morgan fingerprint density at radius 3 is 2.56 bits per heavy atom. The van der Waals surface area contributed by atoms with Gasteiger partial charge in [0, 0.05) is 34.8 Å². The molecular formula is C17H16FN3O3S. The zero-order valence-electron chi connectivity index (χ0n) is 13.1. The van der Waals surface area contributed by atoms with Gasteiger partial charge in [-0.25, -0.2) is 12.8 Å². The van der Waals surface area contributed by atoms with Gasteiger partial charge in [0.05, 0.1) is 5.75 Å². The van der Waals surface area contributed by atoms with E-state index in [-0.39, 0.29) is 18.0 Å². The average Bonchev–Trinajstić information content (AvgIpc) is 2.96. The molecule has 0 fully saturated rings. The lowest BCUT2D eigenvalue weighted by Crippen LogP contribution is -2.22. The molecule has 0 radical (unpaired) electrons. The van der Waals surface area contributed by atoms with Gasteiger partial charge in [0.25, 0.3) is 0 Å². The number of halogens is 1. The number of hydrogen-bond acceptors (Lipinski definition) is 3. The van der Waals surface area contributed by atoms with Crippen LogP contribution >= 0.6 is 0 Å². The van der Waals surface area contributed by atoms with Crippen LogP contribution in [0.3, 0.4) is 0 Å². The van der Waals surface area contributed by atoms with Crippen molar-refractivity contribution in [1.29, 1.82) is 0 Å². The number of rotatable bonds is 6. The van der Waals surface area contributed by atoms with E-state index in [4.69, 9.17) is 5.73 Å². The SMILES string of the molecule is NC(=O)CCS(=O)(=O)Nc1ccc(-c2c[nH]c3cc(F)ccc23)cc1. The predicted molar refractivity (Wildman–Crippen MR) is 94.9 cm³/mol. The highest BCUT2D eigenvalue weighted by Crippen LogP contribution is 2.29. The molecule has 4 N–H and O–H groups in total. The van der Waals surface area contributed by atoms with Crippen LogP contribution in [0.25, 0.3) is 22.0 Å². The van der Waals surface area contributed by atoms with E-state index >= 15 is 0 Å². The number of hydrogen-bond donors (Lipinski definition) is 3. The number of benzene rings is 2. The van der Waals surface area contributed by atoms with E-state index in [0.717, 1.165) is 16.5 Å². The molecule has 0 aliphatic rings. The van der Waals surface area contributed by atoms with Crippen molar-refractivity contribution >= 4 is 32.5 Å². The summed E-state index contributed by atoms with van der Waals surface area (Å²) in [6, 6.07) is 11.3. The van der Waals surface area contributed by atoms with E-state index in [1.54, 1.807) is 36.5 Å². The van der Waals surface area contributed by atoms with E-state index in [9.17, 15) is 17.6 Å².